The molecule has 0 fully saturated rings. The fraction of sp³-hybridized carbons (Fsp3) is 0.0588. The highest BCUT2D eigenvalue weighted by molar-refractivity contribution is 7.12. The molecule has 20 heavy (non-hydrogen) atoms. The summed E-state index contributed by atoms with van der Waals surface area (Å²) in [4.78, 5) is 0. The summed E-state index contributed by atoms with van der Waals surface area (Å²) in [7, 11) is 0. The van der Waals surface area contributed by atoms with Gasteiger partial charge in [0.05, 0.1) is 0 Å². The second kappa shape index (κ2) is 6.26. The molecule has 2 heterocycles. The number of hydrogen-bond acceptors (Lipinski definition) is 3. The molecule has 0 bridgehead atoms. The molecule has 2 nitrogen and oxygen atoms in total. The molecule has 0 atom stereocenters. The molecule has 0 aliphatic carbocycles. The van der Waals surface area contributed by atoms with Gasteiger partial charge in [0.25, 0.3) is 0 Å². The minimum absolute atomic E-state index is 0.391. The SMILES string of the molecule is c1cc2c(s1)OCO2.c1ccc(-c2ccccc2)cc1. The zero-order valence-electron chi connectivity index (χ0n) is 10.9. The minimum Gasteiger partial charge on any atom is -0.453 e. The van der Waals surface area contributed by atoms with Crippen molar-refractivity contribution in [1.29, 1.82) is 0 Å². The Morgan fingerprint density at radius 2 is 1.30 bits per heavy atom. The van der Waals surface area contributed by atoms with E-state index in [1.54, 1.807) is 11.3 Å². The summed E-state index contributed by atoms with van der Waals surface area (Å²) in [5, 5.41) is 2.86. The summed E-state index contributed by atoms with van der Waals surface area (Å²) >= 11 is 1.56. The summed E-state index contributed by atoms with van der Waals surface area (Å²) in [6.07, 6.45) is 0. The molecule has 0 radical (unpaired) electrons. The van der Waals surface area contributed by atoms with Crippen molar-refractivity contribution in [2.45, 2.75) is 0 Å². The van der Waals surface area contributed by atoms with Gasteiger partial charge in [0.2, 0.25) is 11.9 Å². The quantitative estimate of drug-likeness (QED) is 0.636. The Kier molecular flexibility index (Phi) is 3.99. The zero-order valence-corrected chi connectivity index (χ0v) is 11.7. The van der Waals surface area contributed by atoms with E-state index in [2.05, 4.69) is 48.5 Å². The molecule has 0 saturated carbocycles. The lowest BCUT2D eigenvalue weighted by Crippen LogP contribution is -1.93. The largest absolute Gasteiger partial charge is 0.453 e. The molecule has 1 aliphatic heterocycles. The van der Waals surface area contributed by atoms with Crippen molar-refractivity contribution < 1.29 is 9.47 Å². The number of fused-ring (bicyclic) bond motifs is 1. The first-order valence-corrected chi connectivity index (χ1v) is 7.25. The second-order valence-electron chi connectivity index (χ2n) is 4.21. The molecule has 3 heteroatoms. The third-order valence-corrected chi connectivity index (χ3v) is 3.69. The van der Waals surface area contributed by atoms with Crippen LogP contribution in [0.15, 0.2) is 72.1 Å². The molecule has 100 valence electrons. The van der Waals surface area contributed by atoms with Crippen LogP contribution in [0, 0.1) is 0 Å². The van der Waals surface area contributed by atoms with Crippen LogP contribution >= 0.6 is 11.3 Å². The van der Waals surface area contributed by atoms with E-state index in [0.717, 1.165) is 10.8 Å². The van der Waals surface area contributed by atoms with Crippen LogP contribution in [-0.4, -0.2) is 6.79 Å². The summed E-state index contributed by atoms with van der Waals surface area (Å²) < 4.78 is 10.1. The van der Waals surface area contributed by atoms with Crippen molar-refractivity contribution in [3.63, 3.8) is 0 Å². The average Bonchev–Trinajstić information content (AvgIpc) is 3.14. The van der Waals surface area contributed by atoms with Crippen molar-refractivity contribution in [3.8, 4) is 21.9 Å². The summed E-state index contributed by atoms with van der Waals surface area (Å²) in [5.74, 6) is 0.884. The summed E-state index contributed by atoms with van der Waals surface area (Å²) in [5.41, 5.74) is 2.55. The van der Waals surface area contributed by atoms with Crippen LogP contribution < -0.4 is 9.47 Å². The van der Waals surface area contributed by atoms with E-state index < -0.39 is 0 Å². The lowest BCUT2D eigenvalue weighted by Gasteiger charge is -1.98. The Labute approximate surface area is 122 Å². The molecule has 0 amide bonds. The number of benzene rings is 2. The first-order chi connectivity index (χ1) is 9.93. The first-order valence-electron chi connectivity index (χ1n) is 6.37. The first kappa shape index (κ1) is 12.8. The highest BCUT2D eigenvalue weighted by Gasteiger charge is 2.12. The standard InChI is InChI=1S/C12H10.C5H4O2S/c1-3-7-11(8-4-1)12-9-5-2-6-10-12;1-2-8-5-4(1)6-3-7-5/h1-10H;1-2H,3H2. The second-order valence-corrected chi connectivity index (χ2v) is 5.09. The number of thiophene rings is 1. The van der Waals surface area contributed by atoms with Gasteiger partial charge in [-0.1, -0.05) is 60.7 Å². The zero-order chi connectivity index (χ0) is 13.6. The van der Waals surface area contributed by atoms with E-state index >= 15 is 0 Å². The Balaban J connectivity index is 0.000000131. The predicted octanol–water partition coefficient (Wildman–Crippen LogP) is 4.83. The highest BCUT2D eigenvalue weighted by atomic mass is 32.1. The Bertz CT molecular complexity index is 591. The number of rotatable bonds is 1. The predicted molar refractivity (Wildman–Crippen MR) is 82.3 cm³/mol. The van der Waals surface area contributed by atoms with Crippen LogP contribution in [0.4, 0.5) is 0 Å². The van der Waals surface area contributed by atoms with Gasteiger partial charge < -0.3 is 9.47 Å². The van der Waals surface area contributed by atoms with Crippen LogP contribution in [0.1, 0.15) is 0 Å². The molecule has 4 rings (SSSR count). The number of hydrogen-bond donors (Lipinski definition) is 0. The third-order valence-electron chi connectivity index (χ3n) is 2.88. The van der Waals surface area contributed by atoms with Gasteiger partial charge in [0.15, 0.2) is 5.75 Å². The molecule has 0 saturated heterocycles. The van der Waals surface area contributed by atoms with Gasteiger partial charge in [-0.3, -0.25) is 0 Å². The van der Waals surface area contributed by atoms with Gasteiger partial charge in [-0.05, 0) is 22.6 Å². The molecule has 3 aromatic rings. The molecule has 1 aliphatic rings. The fourth-order valence-electron chi connectivity index (χ4n) is 1.90. The van der Waals surface area contributed by atoms with Crippen LogP contribution in [0.2, 0.25) is 0 Å². The highest BCUT2D eigenvalue weighted by Crippen LogP contribution is 2.36. The van der Waals surface area contributed by atoms with E-state index in [1.807, 2.05) is 23.6 Å². The van der Waals surface area contributed by atoms with Gasteiger partial charge in [-0.2, -0.15) is 0 Å². The van der Waals surface area contributed by atoms with E-state index in [1.165, 1.54) is 11.1 Å². The molecule has 0 unspecified atom stereocenters. The summed E-state index contributed by atoms with van der Waals surface area (Å²) in [6, 6.07) is 22.7. The smallest absolute Gasteiger partial charge is 0.232 e. The van der Waals surface area contributed by atoms with Gasteiger partial charge in [0, 0.05) is 0 Å². The number of ether oxygens (including phenoxy) is 2. The minimum atomic E-state index is 0.391. The van der Waals surface area contributed by atoms with E-state index in [-0.39, 0.29) is 0 Å². The lowest BCUT2D eigenvalue weighted by atomic mass is 10.1. The van der Waals surface area contributed by atoms with Gasteiger partial charge in [-0.25, -0.2) is 0 Å². The fourth-order valence-corrected chi connectivity index (χ4v) is 2.58. The van der Waals surface area contributed by atoms with Crippen LogP contribution in [-0.2, 0) is 0 Å². The monoisotopic (exact) mass is 282 g/mol. The van der Waals surface area contributed by atoms with E-state index in [0.29, 0.717) is 6.79 Å². The molecular formula is C17H14O2S. The Morgan fingerprint density at radius 3 is 1.85 bits per heavy atom. The topological polar surface area (TPSA) is 18.5 Å². The van der Waals surface area contributed by atoms with Gasteiger partial charge in [-0.15, -0.1) is 11.3 Å². The average molecular weight is 282 g/mol. The van der Waals surface area contributed by atoms with Crippen molar-refractivity contribution in [1.82, 2.24) is 0 Å². The van der Waals surface area contributed by atoms with Crippen molar-refractivity contribution >= 4 is 11.3 Å². The lowest BCUT2D eigenvalue weighted by molar-refractivity contribution is 0.175. The maximum absolute atomic E-state index is 5.03. The normalized spacial score (nSPS) is 11.6. The molecule has 1 aromatic heterocycles. The molecule has 0 spiro atoms. The molecular weight excluding hydrogens is 268 g/mol. The van der Waals surface area contributed by atoms with Gasteiger partial charge in [0.1, 0.15) is 0 Å². The molecule has 2 aromatic carbocycles. The van der Waals surface area contributed by atoms with Crippen molar-refractivity contribution in [2.24, 2.45) is 0 Å². The Morgan fingerprint density at radius 1 is 0.700 bits per heavy atom. The Hall–Kier alpha value is -2.26. The van der Waals surface area contributed by atoms with Crippen LogP contribution in [0.5, 0.6) is 10.8 Å². The van der Waals surface area contributed by atoms with Gasteiger partial charge >= 0.3 is 0 Å². The van der Waals surface area contributed by atoms with E-state index in [9.17, 15) is 0 Å². The maximum atomic E-state index is 5.03. The maximum Gasteiger partial charge on any atom is 0.232 e. The van der Waals surface area contributed by atoms with Crippen LogP contribution in [0.25, 0.3) is 11.1 Å². The van der Waals surface area contributed by atoms with Crippen molar-refractivity contribution in [3.05, 3.63) is 72.1 Å². The van der Waals surface area contributed by atoms with Crippen LogP contribution in [0.3, 0.4) is 0 Å². The molecule has 0 N–H and O–H groups in total. The van der Waals surface area contributed by atoms with Crippen molar-refractivity contribution in [2.75, 3.05) is 6.79 Å². The van der Waals surface area contributed by atoms with E-state index in [4.69, 9.17) is 9.47 Å². The summed E-state index contributed by atoms with van der Waals surface area (Å²) in [6.45, 7) is 0.391. The third kappa shape index (κ3) is 3.00.